The number of fused-ring (bicyclic) bond motifs is 1. The number of hydrogen-bond acceptors (Lipinski definition) is 6. The molecule has 0 bridgehead atoms. The quantitative estimate of drug-likeness (QED) is 0.311. The summed E-state index contributed by atoms with van der Waals surface area (Å²) < 4.78 is 44.8. The summed E-state index contributed by atoms with van der Waals surface area (Å²) in [5.74, 6) is -4.52. The van der Waals surface area contributed by atoms with E-state index in [4.69, 9.17) is 15.6 Å². The van der Waals surface area contributed by atoms with E-state index in [9.17, 15) is 37.1 Å². The Labute approximate surface area is 199 Å². The van der Waals surface area contributed by atoms with Gasteiger partial charge >= 0.3 is 18.1 Å². The average molecular weight is 517 g/mol. The van der Waals surface area contributed by atoms with E-state index in [2.05, 4.69) is 0 Å². The predicted molar refractivity (Wildman–Crippen MR) is 114 cm³/mol. The van der Waals surface area contributed by atoms with E-state index in [1.165, 1.54) is 28.8 Å². The Bertz CT molecular complexity index is 1120. The number of aliphatic carboxylic acids is 2. The molecule has 0 unspecified atom stereocenters. The molecule has 3 aliphatic heterocycles. The Hall–Kier alpha value is -3.39. The monoisotopic (exact) mass is 517 g/mol. The third-order valence-electron chi connectivity index (χ3n) is 5.33. The fourth-order valence-electron chi connectivity index (χ4n) is 3.62. The number of carboxylic acid groups (broad SMARTS) is 2. The lowest BCUT2D eigenvalue weighted by molar-refractivity contribution is -0.192. The number of alkyl halides is 3. The molecule has 0 radical (unpaired) electrons. The lowest BCUT2D eigenvalue weighted by Gasteiger charge is -2.47. The van der Waals surface area contributed by atoms with E-state index in [-0.39, 0.29) is 22.8 Å². The van der Waals surface area contributed by atoms with Crippen LogP contribution in [0.3, 0.4) is 0 Å². The van der Waals surface area contributed by atoms with Gasteiger partial charge in [0.15, 0.2) is 0 Å². The smallest absolute Gasteiger partial charge is 0.477 e. The summed E-state index contributed by atoms with van der Waals surface area (Å²) in [4.78, 5) is 48.2. The van der Waals surface area contributed by atoms with Crippen molar-refractivity contribution in [2.45, 2.75) is 30.6 Å². The molecule has 4 N–H and O–H groups in total. The van der Waals surface area contributed by atoms with Gasteiger partial charge in [0.05, 0.1) is 0 Å². The molecule has 2 fully saturated rings. The summed E-state index contributed by atoms with van der Waals surface area (Å²) in [7, 11) is 0. The van der Waals surface area contributed by atoms with Crippen molar-refractivity contribution in [3.05, 3.63) is 58.6 Å². The molecule has 0 spiro atoms. The van der Waals surface area contributed by atoms with Crippen molar-refractivity contribution in [1.29, 1.82) is 0 Å². The van der Waals surface area contributed by atoms with Crippen LogP contribution in [0.1, 0.15) is 12.0 Å². The topological polar surface area (TPSA) is 141 Å². The molecule has 2 amide bonds. The van der Waals surface area contributed by atoms with Crippen LogP contribution in [0.4, 0.5) is 17.6 Å². The molecular weight excluding hydrogens is 498 g/mol. The van der Waals surface area contributed by atoms with Gasteiger partial charge in [-0.15, -0.1) is 11.8 Å². The summed E-state index contributed by atoms with van der Waals surface area (Å²) in [6, 6.07) is 5.27. The number of rotatable bonds is 4. The highest BCUT2D eigenvalue weighted by atomic mass is 32.2. The maximum atomic E-state index is 13.0. The van der Waals surface area contributed by atoms with E-state index in [0.717, 1.165) is 5.56 Å². The molecule has 4 rings (SSSR count). The molecular formula is C21H19F4N3O6S. The first-order valence-electron chi connectivity index (χ1n) is 10.0. The second kappa shape index (κ2) is 10.1. The highest BCUT2D eigenvalue weighted by Crippen LogP contribution is 2.40. The Morgan fingerprint density at radius 3 is 2.31 bits per heavy atom. The fraction of sp³-hybridized carbons (Fsp3) is 0.333. The fourth-order valence-corrected chi connectivity index (χ4v) is 4.88. The number of halogens is 4. The van der Waals surface area contributed by atoms with Gasteiger partial charge in [-0.1, -0.05) is 12.1 Å². The molecule has 0 aliphatic carbocycles. The number of β-lactam (4-membered cyclic amide) rings is 1. The molecule has 3 heterocycles. The van der Waals surface area contributed by atoms with Crippen molar-refractivity contribution in [3.63, 3.8) is 0 Å². The van der Waals surface area contributed by atoms with Gasteiger partial charge < -0.3 is 20.8 Å². The number of likely N-dealkylation sites (tertiary alicyclic amines) is 1. The summed E-state index contributed by atoms with van der Waals surface area (Å²) in [6.45, 7) is 0.860. The number of carbonyl (C=O) groups excluding carboxylic acids is 2. The largest absolute Gasteiger partial charge is 0.490 e. The number of hydrogen-bond donors (Lipinski definition) is 3. The maximum absolute atomic E-state index is 13.0. The molecule has 188 valence electrons. The van der Waals surface area contributed by atoms with Gasteiger partial charge in [0, 0.05) is 24.4 Å². The van der Waals surface area contributed by atoms with Gasteiger partial charge in [-0.3, -0.25) is 14.5 Å². The molecule has 2 saturated heterocycles. The van der Waals surface area contributed by atoms with Crippen LogP contribution in [0.2, 0.25) is 0 Å². The van der Waals surface area contributed by atoms with Crippen molar-refractivity contribution in [2.24, 2.45) is 5.73 Å². The minimum Gasteiger partial charge on any atom is -0.477 e. The van der Waals surface area contributed by atoms with Gasteiger partial charge in [-0.2, -0.15) is 13.2 Å². The molecule has 9 nitrogen and oxygen atoms in total. The van der Waals surface area contributed by atoms with E-state index in [1.807, 2.05) is 0 Å². The predicted octanol–water partition coefficient (Wildman–Crippen LogP) is 1.70. The number of amides is 2. The van der Waals surface area contributed by atoms with E-state index < -0.39 is 30.1 Å². The summed E-state index contributed by atoms with van der Waals surface area (Å²) >= 11 is 1.40. The standard InChI is InChI=1S/C19H18FN3O4S.C2HF3O2/c20-13-3-1-10(2-4-13)8-22-6-5-11(16(22)24)7-12-9-28-18-14(21)17(25)23(18)15(12)19(26)27;3-2(4,5)1(6)7/h1-4,7,14,18H,5-6,8-9,21H2,(H,26,27);(H,6,7)/b11-7+;/t14-,18-;/m1./s1. The Kier molecular flexibility index (Phi) is 7.55. The zero-order chi connectivity index (χ0) is 26.1. The highest BCUT2D eigenvalue weighted by Gasteiger charge is 2.51. The van der Waals surface area contributed by atoms with Crippen molar-refractivity contribution >= 4 is 35.5 Å². The first-order chi connectivity index (χ1) is 16.3. The van der Waals surface area contributed by atoms with Crippen LogP contribution in [-0.2, 0) is 25.7 Å². The van der Waals surface area contributed by atoms with Crippen LogP contribution in [-0.4, -0.2) is 73.7 Å². The molecule has 2 atom stereocenters. The SMILES string of the molecule is N[C@@H]1C(=O)N2C(C(=O)O)=C(/C=C3\CCN(Cc4ccc(F)cc4)C3=O)CS[C@H]12.O=C(O)C(F)(F)F. The number of nitrogens with zero attached hydrogens (tertiary/aromatic N) is 2. The molecule has 3 aliphatic rings. The maximum Gasteiger partial charge on any atom is 0.490 e. The molecule has 14 heteroatoms. The number of benzene rings is 1. The molecule has 1 aromatic carbocycles. The van der Waals surface area contributed by atoms with Gasteiger partial charge in [0.2, 0.25) is 11.8 Å². The first-order valence-corrected chi connectivity index (χ1v) is 11.1. The summed E-state index contributed by atoms with van der Waals surface area (Å²) in [6.07, 6.45) is -3.01. The highest BCUT2D eigenvalue weighted by molar-refractivity contribution is 8.00. The lowest BCUT2D eigenvalue weighted by atomic mass is 10.0. The van der Waals surface area contributed by atoms with E-state index >= 15 is 0 Å². The van der Waals surface area contributed by atoms with Crippen molar-refractivity contribution in [1.82, 2.24) is 9.80 Å². The number of allylic oxidation sites excluding steroid dienone is 1. The normalized spacial score (nSPS) is 23.1. The number of carboxylic acids is 2. The molecule has 1 aromatic rings. The molecule has 0 saturated carbocycles. The van der Waals surface area contributed by atoms with Gasteiger partial charge in [-0.05, 0) is 35.8 Å². The van der Waals surface area contributed by atoms with Crippen molar-refractivity contribution in [2.75, 3.05) is 12.3 Å². The van der Waals surface area contributed by atoms with Crippen LogP contribution in [0.25, 0.3) is 0 Å². The molecule has 35 heavy (non-hydrogen) atoms. The van der Waals surface area contributed by atoms with Crippen LogP contribution in [0.15, 0.2) is 47.2 Å². The zero-order valence-corrected chi connectivity index (χ0v) is 18.6. The Morgan fingerprint density at radius 2 is 1.77 bits per heavy atom. The second-order valence-corrected chi connectivity index (χ2v) is 8.80. The number of carbonyl (C=O) groups is 4. The van der Waals surface area contributed by atoms with Crippen LogP contribution in [0.5, 0.6) is 0 Å². The van der Waals surface area contributed by atoms with Gasteiger partial charge in [-0.25, -0.2) is 14.0 Å². The van der Waals surface area contributed by atoms with Crippen molar-refractivity contribution < 1.29 is 47.0 Å². The average Bonchev–Trinajstić information content (AvgIpc) is 3.13. The molecule has 0 aromatic heterocycles. The van der Waals surface area contributed by atoms with Crippen LogP contribution < -0.4 is 5.73 Å². The minimum atomic E-state index is -5.08. The Morgan fingerprint density at radius 1 is 1.17 bits per heavy atom. The Balaban J connectivity index is 0.000000429. The van der Waals surface area contributed by atoms with Crippen LogP contribution in [0, 0.1) is 5.82 Å². The first kappa shape index (κ1) is 26.2. The number of thioether (sulfide) groups is 1. The van der Waals surface area contributed by atoms with E-state index in [1.54, 1.807) is 23.1 Å². The number of nitrogens with two attached hydrogens (primary N) is 1. The zero-order valence-electron chi connectivity index (χ0n) is 17.8. The van der Waals surface area contributed by atoms with Gasteiger partial charge in [0.25, 0.3) is 0 Å². The van der Waals surface area contributed by atoms with E-state index in [0.29, 0.717) is 36.4 Å². The lowest BCUT2D eigenvalue weighted by Crippen LogP contribution is -2.68. The third kappa shape index (κ3) is 5.65. The third-order valence-corrected chi connectivity index (χ3v) is 6.66. The second-order valence-electron chi connectivity index (χ2n) is 7.69. The van der Waals surface area contributed by atoms with Crippen molar-refractivity contribution in [3.8, 4) is 0 Å². The van der Waals surface area contributed by atoms with Crippen LogP contribution >= 0.6 is 11.8 Å². The summed E-state index contributed by atoms with van der Waals surface area (Å²) in [5.41, 5.74) is 7.42. The minimum absolute atomic E-state index is 0.0901. The van der Waals surface area contributed by atoms with Gasteiger partial charge in [0.1, 0.15) is 22.9 Å². The summed E-state index contributed by atoms with van der Waals surface area (Å²) in [5, 5.41) is 16.3.